The molecule has 4 nitrogen and oxygen atoms in total. The van der Waals surface area contributed by atoms with Gasteiger partial charge in [0.05, 0.1) is 5.69 Å². The number of carbonyl (C=O) groups excluding carboxylic acids is 1. The first-order chi connectivity index (χ1) is 11.1. The molecule has 1 amide bonds. The molecule has 0 aliphatic carbocycles. The molecular formula is C19H23NO3. The van der Waals surface area contributed by atoms with Gasteiger partial charge in [-0.25, -0.2) is 0 Å². The largest absolute Gasteiger partial charge is 0.489 e. The molecule has 0 atom stereocenters. The summed E-state index contributed by atoms with van der Waals surface area (Å²) in [7, 11) is 0. The predicted molar refractivity (Wildman–Crippen MR) is 90.9 cm³/mol. The number of anilines is 1. The Bertz CT molecular complexity index is 682. The standard InChI is InChI=1S/C19H23NO3/c1-4-15-10-11-18(14(3)12-15)23-13-16-8-6-7-9-17(16)20(22)19(21)5-2/h6-12,22H,4-5,13H2,1-3H3. The molecule has 0 aliphatic rings. The summed E-state index contributed by atoms with van der Waals surface area (Å²) in [5.74, 6) is 0.462. The van der Waals surface area contributed by atoms with Crippen LogP contribution in [0.5, 0.6) is 5.75 Å². The summed E-state index contributed by atoms with van der Waals surface area (Å²) in [5, 5.41) is 10.7. The zero-order chi connectivity index (χ0) is 16.8. The highest BCUT2D eigenvalue weighted by Gasteiger charge is 2.15. The Morgan fingerprint density at radius 2 is 1.91 bits per heavy atom. The molecule has 0 spiro atoms. The van der Waals surface area contributed by atoms with Crippen molar-refractivity contribution < 1.29 is 14.7 Å². The number of aryl methyl sites for hydroxylation is 2. The minimum Gasteiger partial charge on any atom is -0.489 e. The fraction of sp³-hybridized carbons (Fsp3) is 0.316. The van der Waals surface area contributed by atoms with Crippen molar-refractivity contribution >= 4 is 11.6 Å². The number of nitrogens with zero attached hydrogens (tertiary/aromatic N) is 1. The second-order valence-electron chi connectivity index (χ2n) is 5.43. The Morgan fingerprint density at radius 1 is 1.17 bits per heavy atom. The first-order valence-electron chi connectivity index (χ1n) is 7.88. The quantitative estimate of drug-likeness (QED) is 0.640. The van der Waals surface area contributed by atoms with Crippen molar-refractivity contribution in [3.05, 3.63) is 59.2 Å². The first-order valence-corrected chi connectivity index (χ1v) is 7.88. The van der Waals surface area contributed by atoms with E-state index in [2.05, 4.69) is 13.0 Å². The molecule has 23 heavy (non-hydrogen) atoms. The highest BCUT2D eigenvalue weighted by Crippen LogP contribution is 2.24. The highest BCUT2D eigenvalue weighted by molar-refractivity contribution is 5.91. The normalized spacial score (nSPS) is 10.4. The zero-order valence-electron chi connectivity index (χ0n) is 13.9. The fourth-order valence-electron chi connectivity index (χ4n) is 2.37. The van der Waals surface area contributed by atoms with Gasteiger partial charge in [0.1, 0.15) is 12.4 Å². The Hall–Kier alpha value is -2.33. The summed E-state index contributed by atoms with van der Waals surface area (Å²) in [4.78, 5) is 11.7. The van der Waals surface area contributed by atoms with E-state index in [9.17, 15) is 10.0 Å². The molecule has 0 aromatic heterocycles. The third kappa shape index (κ3) is 4.11. The molecule has 4 heteroatoms. The number of benzene rings is 2. The smallest absolute Gasteiger partial charge is 0.250 e. The van der Waals surface area contributed by atoms with Crippen molar-refractivity contribution in [2.75, 3.05) is 5.06 Å². The van der Waals surface area contributed by atoms with E-state index in [1.54, 1.807) is 19.1 Å². The van der Waals surface area contributed by atoms with Crippen LogP contribution in [0.1, 0.15) is 37.0 Å². The van der Waals surface area contributed by atoms with Crippen molar-refractivity contribution in [2.24, 2.45) is 0 Å². The van der Waals surface area contributed by atoms with Crippen LogP contribution in [-0.2, 0) is 17.8 Å². The molecule has 2 rings (SSSR count). The predicted octanol–water partition coefficient (Wildman–Crippen LogP) is 4.27. The summed E-state index contributed by atoms with van der Waals surface area (Å²) in [6.07, 6.45) is 1.23. The van der Waals surface area contributed by atoms with E-state index >= 15 is 0 Å². The van der Waals surface area contributed by atoms with Crippen LogP contribution in [0.4, 0.5) is 5.69 Å². The van der Waals surface area contributed by atoms with Crippen molar-refractivity contribution in [3.8, 4) is 5.75 Å². The topological polar surface area (TPSA) is 49.8 Å². The highest BCUT2D eigenvalue weighted by atomic mass is 16.5. The van der Waals surface area contributed by atoms with E-state index in [-0.39, 0.29) is 18.9 Å². The van der Waals surface area contributed by atoms with Crippen molar-refractivity contribution in [2.45, 2.75) is 40.2 Å². The van der Waals surface area contributed by atoms with Gasteiger partial charge in [-0.3, -0.25) is 10.0 Å². The average Bonchev–Trinajstić information content (AvgIpc) is 2.59. The number of hydrogen-bond donors (Lipinski definition) is 1. The molecule has 122 valence electrons. The van der Waals surface area contributed by atoms with Crippen LogP contribution >= 0.6 is 0 Å². The molecule has 0 radical (unpaired) electrons. The maximum Gasteiger partial charge on any atom is 0.250 e. The number of para-hydroxylation sites is 1. The van der Waals surface area contributed by atoms with Gasteiger partial charge >= 0.3 is 0 Å². The number of amides is 1. The lowest BCUT2D eigenvalue weighted by Gasteiger charge is -2.18. The molecule has 0 aliphatic heterocycles. The van der Waals surface area contributed by atoms with Gasteiger partial charge in [0, 0.05) is 12.0 Å². The number of rotatable bonds is 6. The summed E-state index contributed by atoms with van der Waals surface area (Å²) in [5.41, 5.74) is 3.57. The lowest BCUT2D eigenvalue weighted by atomic mass is 10.1. The van der Waals surface area contributed by atoms with Crippen molar-refractivity contribution in [1.29, 1.82) is 0 Å². The van der Waals surface area contributed by atoms with Crippen molar-refractivity contribution in [3.63, 3.8) is 0 Å². The van der Waals surface area contributed by atoms with Crippen LogP contribution in [0.3, 0.4) is 0 Å². The van der Waals surface area contributed by atoms with E-state index < -0.39 is 0 Å². The van der Waals surface area contributed by atoms with E-state index in [0.717, 1.165) is 23.3 Å². The van der Waals surface area contributed by atoms with Crippen LogP contribution in [0.15, 0.2) is 42.5 Å². The van der Waals surface area contributed by atoms with Gasteiger partial charge in [-0.2, -0.15) is 5.06 Å². The molecular weight excluding hydrogens is 290 g/mol. The van der Waals surface area contributed by atoms with Gasteiger partial charge in [-0.05, 0) is 36.6 Å². The van der Waals surface area contributed by atoms with Crippen LogP contribution < -0.4 is 9.80 Å². The lowest BCUT2D eigenvalue weighted by Crippen LogP contribution is -2.27. The Kier molecular flexibility index (Phi) is 5.77. The van der Waals surface area contributed by atoms with Crippen LogP contribution in [0, 0.1) is 6.92 Å². The van der Waals surface area contributed by atoms with Gasteiger partial charge in [0.2, 0.25) is 5.91 Å². The van der Waals surface area contributed by atoms with Gasteiger partial charge in [-0.15, -0.1) is 0 Å². The maximum absolute atomic E-state index is 11.7. The monoisotopic (exact) mass is 313 g/mol. The number of hydrogen-bond acceptors (Lipinski definition) is 3. The van der Waals surface area contributed by atoms with Gasteiger partial charge < -0.3 is 4.74 Å². The van der Waals surface area contributed by atoms with Crippen molar-refractivity contribution in [1.82, 2.24) is 0 Å². The van der Waals surface area contributed by atoms with E-state index in [1.807, 2.05) is 31.2 Å². The van der Waals surface area contributed by atoms with Gasteiger partial charge in [-0.1, -0.05) is 44.2 Å². The molecule has 0 unspecified atom stereocenters. The molecule has 0 heterocycles. The Balaban J connectivity index is 2.16. The van der Waals surface area contributed by atoms with Crippen LogP contribution in [0.2, 0.25) is 0 Å². The fourth-order valence-corrected chi connectivity index (χ4v) is 2.37. The minimum absolute atomic E-state index is 0.239. The Labute approximate surface area is 137 Å². The molecule has 1 N–H and O–H groups in total. The summed E-state index contributed by atoms with van der Waals surface area (Å²) in [6.45, 7) is 6.13. The molecule has 0 fully saturated rings. The molecule has 2 aromatic carbocycles. The summed E-state index contributed by atoms with van der Waals surface area (Å²) >= 11 is 0. The third-order valence-electron chi connectivity index (χ3n) is 3.79. The van der Waals surface area contributed by atoms with E-state index in [4.69, 9.17) is 4.74 Å². The number of ether oxygens (including phenoxy) is 1. The SMILES string of the molecule is CCC(=O)N(O)c1ccccc1COc1ccc(CC)cc1C. The van der Waals surface area contributed by atoms with E-state index in [1.165, 1.54) is 5.56 Å². The summed E-state index contributed by atoms with van der Waals surface area (Å²) < 4.78 is 5.88. The summed E-state index contributed by atoms with van der Waals surface area (Å²) in [6, 6.07) is 13.3. The molecule has 0 bridgehead atoms. The Morgan fingerprint density at radius 3 is 2.57 bits per heavy atom. The second kappa shape index (κ2) is 7.79. The van der Waals surface area contributed by atoms with E-state index in [0.29, 0.717) is 10.8 Å². The second-order valence-corrected chi connectivity index (χ2v) is 5.43. The average molecular weight is 313 g/mol. The maximum atomic E-state index is 11.7. The molecule has 0 saturated carbocycles. The third-order valence-corrected chi connectivity index (χ3v) is 3.79. The van der Waals surface area contributed by atoms with Gasteiger partial charge in [0.25, 0.3) is 0 Å². The lowest BCUT2D eigenvalue weighted by molar-refractivity contribution is -0.123. The van der Waals surface area contributed by atoms with Crippen LogP contribution in [-0.4, -0.2) is 11.1 Å². The number of hydroxylamine groups is 1. The zero-order valence-corrected chi connectivity index (χ0v) is 13.9. The van der Waals surface area contributed by atoms with Crippen LogP contribution in [0.25, 0.3) is 0 Å². The molecule has 0 saturated heterocycles. The minimum atomic E-state index is -0.346. The van der Waals surface area contributed by atoms with Gasteiger partial charge in [0.15, 0.2) is 0 Å². The first kappa shape index (κ1) is 17.0. The molecule has 2 aromatic rings. The number of carbonyl (C=O) groups is 1.